The van der Waals surface area contributed by atoms with Crippen LogP contribution in [0.4, 0.5) is 0 Å². The third kappa shape index (κ3) is 4.16. The molecule has 146 valence electrons. The lowest BCUT2D eigenvalue weighted by Crippen LogP contribution is -2.16. The lowest BCUT2D eigenvalue weighted by atomic mass is 10.1. The lowest BCUT2D eigenvalue weighted by molar-refractivity contribution is 0.0973. The third-order valence-electron chi connectivity index (χ3n) is 4.62. The number of fused-ring (bicyclic) bond motifs is 1. The normalized spacial score (nSPS) is 11.0. The van der Waals surface area contributed by atoms with Crippen molar-refractivity contribution in [2.24, 2.45) is 0 Å². The van der Waals surface area contributed by atoms with Gasteiger partial charge in [-0.25, -0.2) is 4.98 Å². The molecule has 2 aromatic heterocycles. The molecule has 0 unspecified atom stereocenters. The minimum atomic E-state index is -0.295. The fraction of sp³-hybridized carbons (Fsp3) is 0.136. The van der Waals surface area contributed by atoms with E-state index in [0.717, 1.165) is 26.9 Å². The Bertz CT molecular complexity index is 1260. The summed E-state index contributed by atoms with van der Waals surface area (Å²) in [5, 5.41) is 2.41. The standard InChI is InChI=1S/C22H17BrN2O3S/c1-28-16-7-2-4-13(10-16)8-9-18(26)20-24-21(27)19-17(12-29-22(19)25-20)14-5-3-6-15(23)11-14/h2-7,10-12H,8-9H2,1H3,(H,24,25,27). The van der Waals surface area contributed by atoms with E-state index in [0.29, 0.717) is 16.6 Å². The predicted octanol–water partition coefficient (Wildman–Crippen LogP) is 5.24. The van der Waals surface area contributed by atoms with E-state index in [2.05, 4.69) is 25.9 Å². The summed E-state index contributed by atoms with van der Waals surface area (Å²) in [6.45, 7) is 0. The van der Waals surface area contributed by atoms with Crippen molar-refractivity contribution in [1.82, 2.24) is 9.97 Å². The van der Waals surface area contributed by atoms with Gasteiger partial charge in [0.1, 0.15) is 10.6 Å². The van der Waals surface area contributed by atoms with Crippen molar-refractivity contribution >= 4 is 43.3 Å². The molecule has 4 aromatic rings. The molecule has 2 aromatic carbocycles. The van der Waals surface area contributed by atoms with Crippen LogP contribution in [-0.4, -0.2) is 22.9 Å². The summed E-state index contributed by atoms with van der Waals surface area (Å²) in [6.07, 6.45) is 0.803. The number of methoxy groups -OCH3 is 1. The number of benzene rings is 2. The van der Waals surface area contributed by atoms with E-state index < -0.39 is 0 Å². The fourth-order valence-electron chi connectivity index (χ4n) is 3.15. The number of halogens is 1. The molecule has 0 bridgehead atoms. The van der Waals surface area contributed by atoms with Crippen LogP contribution in [0.5, 0.6) is 5.75 Å². The van der Waals surface area contributed by atoms with Gasteiger partial charge in [0.15, 0.2) is 11.6 Å². The van der Waals surface area contributed by atoms with Crippen LogP contribution in [0.25, 0.3) is 21.3 Å². The molecule has 1 N–H and O–H groups in total. The molecule has 0 amide bonds. The largest absolute Gasteiger partial charge is 0.497 e. The number of aryl methyl sites for hydroxylation is 1. The van der Waals surface area contributed by atoms with E-state index in [1.807, 2.05) is 53.9 Å². The highest BCUT2D eigenvalue weighted by Gasteiger charge is 2.16. The summed E-state index contributed by atoms with van der Waals surface area (Å²) in [7, 11) is 1.61. The molecular weight excluding hydrogens is 452 g/mol. The molecule has 0 fully saturated rings. The van der Waals surface area contributed by atoms with Gasteiger partial charge in [0.2, 0.25) is 0 Å². The summed E-state index contributed by atoms with van der Waals surface area (Å²) in [4.78, 5) is 33.0. The van der Waals surface area contributed by atoms with Crippen LogP contribution in [0.15, 0.2) is 63.2 Å². The molecule has 0 atom stereocenters. The Kier molecular flexibility index (Phi) is 5.60. The number of ether oxygens (including phenoxy) is 1. The van der Waals surface area contributed by atoms with Gasteiger partial charge in [-0.3, -0.25) is 9.59 Å². The number of aromatic amines is 1. The second-order valence-corrected chi connectivity index (χ2v) is 8.30. The van der Waals surface area contributed by atoms with Gasteiger partial charge in [0.25, 0.3) is 5.56 Å². The van der Waals surface area contributed by atoms with E-state index in [-0.39, 0.29) is 23.6 Å². The monoisotopic (exact) mass is 468 g/mol. The van der Waals surface area contributed by atoms with Crippen LogP contribution >= 0.6 is 27.3 Å². The lowest BCUT2D eigenvalue weighted by Gasteiger charge is -2.05. The van der Waals surface area contributed by atoms with Crippen LogP contribution in [0.3, 0.4) is 0 Å². The molecule has 0 saturated carbocycles. The van der Waals surface area contributed by atoms with Crippen molar-refractivity contribution in [1.29, 1.82) is 0 Å². The van der Waals surface area contributed by atoms with Crippen molar-refractivity contribution < 1.29 is 9.53 Å². The molecule has 7 heteroatoms. The summed E-state index contributed by atoms with van der Waals surface area (Å²) >= 11 is 4.82. The highest BCUT2D eigenvalue weighted by atomic mass is 79.9. The van der Waals surface area contributed by atoms with Crippen molar-refractivity contribution in [2.45, 2.75) is 12.8 Å². The van der Waals surface area contributed by atoms with Crippen LogP contribution in [0, 0.1) is 0 Å². The van der Waals surface area contributed by atoms with E-state index in [4.69, 9.17) is 4.74 Å². The molecular formula is C22H17BrN2O3S. The van der Waals surface area contributed by atoms with Gasteiger partial charge in [0.05, 0.1) is 12.5 Å². The molecule has 0 aliphatic heterocycles. The second kappa shape index (κ2) is 8.31. The number of nitrogens with zero attached hydrogens (tertiary/aromatic N) is 1. The highest BCUT2D eigenvalue weighted by molar-refractivity contribution is 9.10. The number of rotatable bonds is 6. The molecule has 0 saturated heterocycles. The second-order valence-electron chi connectivity index (χ2n) is 6.53. The molecule has 4 rings (SSSR count). The number of aromatic nitrogens is 2. The first-order chi connectivity index (χ1) is 14.0. The molecule has 0 spiro atoms. The van der Waals surface area contributed by atoms with E-state index in [9.17, 15) is 9.59 Å². The molecule has 0 radical (unpaired) electrons. The number of carbonyl (C=O) groups excluding carboxylic acids is 1. The number of hydrogen-bond donors (Lipinski definition) is 1. The van der Waals surface area contributed by atoms with Crippen molar-refractivity contribution in [2.75, 3.05) is 7.11 Å². The number of hydrogen-bond acceptors (Lipinski definition) is 5. The topological polar surface area (TPSA) is 72.0 Å². The Morgan fingerprint density at radius 3 is 2.83 bits per heavy atom. The zero-order valence-electron chi connectivity index (χ0n) is 15.6. The van der Waals surface area contributed by atoms with Gasteiger partial charge in [-0.05, 0) is 41.8 Å². The third-order valence-corrected chi connectivity index (χ3v) is 5.98. The number of H-pyrrole nitrogens is 1. The van der Waals surface area contributed by atoms with Crippen LogP contribution in [-0.2, 0) is 6.42 Å². The van der Waals surface area contributed by atoms with Crippen LogP contribution < -0.4 is 10.3 Å². The summed E-state index contributed by atoms with van der Waals surface area (Å²) in [5.74, 6) is 0.666. The van der Waals surface area contributed by atoms with Gasteiger partial charge in [-0.15, -0.1) is 11.3 Å². The maximum Gasteiger partial charge on any atom is 0.260 e. The SMILES string of the molecule is COc1cccc(CCC(=O)c2nc3scc(-c4cccc(Br)c4)c3c(=O)[nH]2)c1. The molecule has 2 heterocycles. The predicted molar refractivity (Wildman–Crippen MR) is 119 cm³/mol. The van der Waals surface area contributed by atoms with Gasteiger partial charge < -0.3 is 9.72 Å². The summed E-state index contributed by atoms with van der Waals surface area (Å²) in [5.41, 5.74) is 2.44. The minimum Gasteiger partial charge on any atom is -0.497 e. The van der Waals surface area contributed by atoms with Gasteiger partial charge in [-0.2, -0.15) is 0 Å². The van der Waals surface area contributed by atoms with Crippen molar-refractivity contribution in [3.8, 4) is 16.9 Å². The Hall–Kier alpha value is -2.77. The first-order valence-electron chi connectivity index (χ1n) is 8.99. The zero-order chi connectivity index (χ0) is 20.4. The highest BCUT2D eigenvalue weighted by Crippen LogP contribution is 2.32. The Morgan fingerprint density at radius 1 is 1.21 bits per heavy atom. The minimum absolute atomic E-state index is 0.105. The smallest absolute Gasteiger partial charge is 0.260 e. The maximum atomic E-state index is 12.7. The number of thiophene rings is 1. The van der Waals surface area contributed by atoms with Crippen LogP contribution in [0.2, 0.25) is 0 Å². The van der Waals surface area contributed by atoms with Gasteiger partial charge >= 0.3 is 0 Å². The van der Waals surface area contributed by atoms with Gasteiger partial charge in [-0.1, -0.05) is 40.2 Å². The average molecular weight is 469 g/mol. The molecule has 29 heavy (non-hydrogen) atoms. The van der Waals surface area contributed by atoms with E-state index in [1.165, 1.54) is 11.3 Å². The summed E-state index contributed by atoms with van der Waals surface area (Å²) in [6, 6.07) is 15.3. The first-order valence-corrected chi connectivity index (χ1v) is 10.7. The van der Waals surface area contributed by atoms with E-state index >= 15 is 0 Å². The Balaban J connectivity index is 1.60. The number of ketones is 1. The molecule has 0 aliphatic rings. The van der Waals surface area contributed by atoms with Crippen molar-refractivity contribution in [3.05, 3.63) is 80.1 Å². The molecule has 5 nitrogen and oxygen atoms in total. The number of carbonyl (C=O) groups is 1. The summed E-state index contributed by atoms with van der Waals surface area (Å²) < 4.78 is 6.14. The first kappa shape index (κ1) is 19.5. The Morgan fingerprint density at radius 2 is 2.03 bits per heavy atom. The van der Waals surface area contributed by atoms with Gasteiger partial charge in [0, 0.05) is 21.8 Å². The van der Waals surface area contributed by atoms with Crippen molar-refractivity contribution in [3.63, 3.8) is 0 Å². The Labute approximate surface area is 179 Å². The molecule has 0 aliphatic carbocycles. The number of nitrogens with one attached hydrogen (secondary N) is 1. The quantitative estimate of drug-likeness (QED) is 0.392. The maximum absolute atomic E-state index is 12.7. The fourth-order valence-corrected chi connectivity index (χ4v) is 4.50. The van der Waals surface area contributed by atoms with E-state index in [1.54, 1.807) is 7.11 Å². The van der Waals surface area contributed by atoms with Crippen LogP contribution in [0.1, 0.15) is 22.6 Å². The average Bonchev–Trinajstić information content (AvgIpc) is 3.17. The zero-order valence-corrected chi connectivity index (χ0v) is 18.0. The number of Topliss-reactive ketones (excluding diaryl/α,β-unsaturated/α-hetero) is 1.